The molecular weight excluding hydrogens is 504 g/mol. The Morgan fingerprint density at radius 2 is 1.80 bits per heavy atom. The van der Waals surface area contributed by atoms with Crippen molar-refractivity contribution < 1.29 is 23.2 Å². The van der Waals surface area contributed by atoms with E-state index in [2.05, 4.69) is 15.1 Å². The van der Waals surface area contributed by atoms with E-state index >= 15 is 0 Å². The number of hydroxylamine groups is 2. The monoisotopic (exact) mass is 522 g/mol. The molecule has 0 saturated heterocycles. The molecule has 1 unspecified atom stereocenters. The number of hydrogen-bond donors (Lipinski definition) is 1. The Balaban J connectivity index is 1.72. The van der Waals surface area contributed by atoms with E-state index in [4.69, 9.17) is 28.0 Å². The van der Waals surface area contributed by atoms with Gasteiger partial charge in [-0.2, -0.15) is 18.2 Å². The van der Waals surface area contributed by atoms with Gasteiger partial charge in [0.15, 0.2) is 11.7 Å². The summed E-state index contributed by atoms with van der Waals surface area (Å²) in [5.41, 5.74) is -1.37. The van der Waals surface area contributed by atoms with Crippen molar-refractivity contribution in [2.24, 2.45) is 10.1 Å². The van der Waals surface area contributed by atoms with Crippen molar-refractivity contribution in [1.29, 1.82) is 0 Å². The molecule has 0 amide bonds. The molecular formula is C24H19Cl2F3N4O2. The Kier molecular flexibility index (Phi) is 7.02. The van der Waals surface area contributed by atoms with E-state index in [0.717, 1.165) is 17.7 Å². The first-order chi connectivity index (χ1) is 16.6. The average Bonchev–Trinajstić information content (AvgIpc) is 3.27. The van der Waals surface area contributed by atoms with Gasteiger partial charge in [0.2, 0.25) is 0 Å². The summed E-state index contributed by atoms with van der Waals surface area (Å²) in [4.78, 5) is 13.6. The number of hydrogen-bond acceptors (Lipinski definition) is 5. The van der Waals surface area contributed by atoms with Gasteiger partial charge < -0.3 is 4.84 Å². The van der Waals surface area contributed by atoms with Crippen LogP contribution in [-0.4, -0.2) is 33.1 Å². The van der Waals surface area contributed by atoms with Crippen LogP contribution in [0.2, 0.25) is 10.0 Å². The van der Waals surface area contributed by atoms with Crippen molar-refractivity contribution >= 4 is 34.9 Å². The number of aromatic nitrogens is 1. The number of nitrogens with zero attached hydrogens (tertiary/aromatic N) is 4. The van der Waals surface area contributed by atoms with Crippen LogP contribution in [0.4, 0.5) is 13.2 Å². The largest absolute Gasteiger partial charge is 0.435 e. The maximum absolute atomic E-state index is 14.3. The third kappa shape index (κ3) is 5.12. The topological polar surface area (TPSA) is 70.3 Å². The quantitative estimate of drug-likeness (QED) is 0.240. The number of halogens is 5. The predicted molar refractivity (Wildman–Crippen MR) is 127 cm³/mol. The fourth-order valence-corrected chi connectivity index (χ4v) is 4.17. The van der Waals surface area contributed by atoms with Crippen LogP contribution in [0.25, 0.3) is 0 Å². The smallest absolute Gasteiger partial charge is 0.372 e. The van der Waals surface area contributed by atoms with Crippen LogP contribution in [-0.2, 0) is 17.0 Å². The minimum Gasteiger partial charge on any atom is -0.372 e. The summed E-state index contributed by atoms with van der Waals surface area (Å²) >= 11 is 11.9. The molecule has 6 nitrogen and oxygen atoms in total. The van der Waals surface area contributed by atoms with Crippen molar-refractivity contribution in [2.45, 2.75) is 31.7 Å². The first kappa shape index (κ1) is 25.0. The number of aliphatic imine (C=N–C) groups is 1. The molecule has 35 heavy (non-hydrogen) atoms. The Morgan fingerprint density at radius 1 is 1.11 bits per heavy atom. The van der Waals surface area contributed by atoms with Crippen LogP contribution in [0, 0.1) is 6.92 Å². The zero-order valence-corrected chi connectivity index (χ0v) is 19.8. The summed E-state index contributed by atoms with van der Waals surface area (Å²) in [5, 5.41) is 15.2. The molecule has 4 rings (SSSR count). The summed E-state index contributed by atoms with van der Waals surface area (Å²) in [6.45, 7) is 1.87. The van der Waals surface area contributed by atoms with Crippen LogP contribution < -0.4 is 0 Å². The summed E-state index contributed by atoms with van der Waals surface area (Å²) in [6.07, 6.45) is -4.14. The molecule has 2 aromatic carbocycles. The number of amidine groups is 2. The molecule has 182 valence electrons. The minimum absolute atomic E-state index is 0.00166. The number of pyridine rings is 1. The van der Waals surface area contributed by atoms with Gasteiger partial charge in [-0.15, -0.1) is 0 Å². The van der Waals surface area contributed by atoms with Crippen molar-refractivity contribution in [3.63, 3.8) is 0 Å². The number of aryl methyl sites for hydroxylation is 1. The fraction of sp³-hybridized carbons (Fsp3) is 0.208. The first-order valence-electron chi connectivity index (χ1n) is 10.4. The van der Waals surface area contributed by atoms with Gasteiger partial charge in [-0.05, 0) is 42.8 Å². The number of oxime groups is 1. The molecule has 1 aliphatic heterocycles. The Hall–Kier alpha value is -3.14. The van der Waals surface area contributed by atoms with Crippen molar-refractivity contribution in [2.75, 3.05) is 0 Å². The highest BCUT2D eigenvalue weighted by atomic mass is 35.5. The highest BCUT2D eigenvalue weighted by molar-refractivity contribution is 6.34. The maximum Gasteiger partial charge on any atom is 0.435 e. The van der Waals surface area contributed by atoms with Gasteiger partial charge in [-0.25, -0.2) is 0 Å². The van der Waals surface area contributed by atoms with Gasteiger partial charge >= 0.3 is 6.18 Å². The van der Waals surface area contributed by atoms with E-state index in [0.29, 0.717) is 16.3 Å². The van der Waals surface area contributed by atoms with Crippen LogP contribution in [0.5, 0.6) is 0 Å². The second-order valence-electron chi connectivity index (χ2n) is 7.85. The van der Waals surface area contributed by atoms with Crippen LogP contribution in [0.3, 0.4) is 0 Å². The van der Waals surface area contributed by atoms with Crippen molar-refractivity contribution in [1.82, 2.24) is 10.0 Å². The zero-order chi connectivity index (χ0) is 25.2. The van der Waals surface area contributed by atoms with Gasteiger partial charge in [-0.3, -0.25) is 15.2 Å². The van der Waals surface area contributed by atoms with Crippen LogP contribution in [0.1, 0.15) is 28.8 Å². The molecule has 0 saturated carbocycles. The van der Waals surface area contributed by atoms with Crippen molar-refractivity contribution in [3.05, 3.63) is 99.3 Å². The van der Waals surface area contributed by atoms with Gasteiger partial charge in [0.1, 0.15) is 0 Å². The lowest BCUT2D eigenvalue weighted by Gasteiger charge is -2.30. The molecule has 0 fully saturated rings. The van der Waals surface area contributed by atoms with Gasteiger partial charge in [0.25, 0.3) is 5.60 Å². The Morgan fingerprint density at radius 3 is 2.43 bits per heavy atom. The molecule has 11 heteroatoms. The lowest BCUT2D eigenvalue weighted by molar-refractivity contribution is -0.275. The second kappa shape index (κ2) is 9.85. The Bertz CT molecular complexity index is 1270. The average molecular weight is 523 g/mol. The van der Waals surface area contributed by atoms with Crippen molar-refractivity contribution in [3.8, 4) is 0 Å². The van der Waals surface area contributed by atoms with Crippen LogP contribution >= 0.6 is 23.2 Å². The molecule has 0 aliphatic carbocycles. The number of benzene rings is 2. The molecule has 2 heterocycles. The fourth-order valence-electron chi connectivity index (χ4n) is 3.65. The highest BCUT2D eigenvalue weighted by Crippen LogP contribution is 2.49. The molecule has 1 atom stereocenters. The second-order valence-corrected chi connectivity index (χ2v) is 8.72. The van der Waals surface area contributed by atoms with Gasteiger partial charge in [-0.1, -0.05) is 58.7 Å². The molecule has 1 aliphatic rings. The molecule has 0 radical (unpaired) electrons. The summed E-state index contributed by atoms with van der Waals surface area (Å²) in [7, 11) is 0. The molecule has 0 spiro atoms. The van der Waals surface area contributed by atoms with E-state index in [1.807, 2.05) is 0 Å². The SMILES string of the molecule is Cc1ccccc1C(=NCc1ccccn1)N(O)C1=NOC(c2cc(Cl)cc(Cl)c2)(C(F)(F)F)C1. The summed E-state index contributed by atoms with van der Waals surface area (Å²) < 4.78 is 43.0. The van der Waals surface area contributed by atoms with E-state index < -0.39 is 18.2 Å². The molecule has 0 bridgehead atoms. The number of rotatable bonds is 4. The first-order valence-corrected chi connectivity index (χ1v) is 11.1. The third-order valence-electron chi connectivity index (χ3n) is 5.45. The minimum atomic E-state index is -4.90. The third-order valence-corrected chi connectivity index (χ3v) is 5.89. The van der Waals surface area contributed by atoms with Crippen LogP contribution in [0.15, 0.2) is 77.0 Å². The Labute approximate surface area is 209 Å². The molecule has 1 aromatic heterocycles. The summed E-state index contributed by atoms with van der Waals surface area (Å²) in [5.74, 6) is -0.389. The van der Waals surface area contributed by atoms with E-state index in [9.17, 15) is 18.4 Å². The normalized spacial score (nSPS) is 18.3. The highest BCUT2D eigenvalue weighted by Gasteiger charge is 2.63. The lowest BCUT2D eigenvalue weighted by Crippen LogP contribution is -2.45. The van der Waals surface area contributed by atoms with E-state index in [1.165, 1.54) is 6.07 Å². The maximum atomic E-state index is 14.3. The standard InChI is InChI=1S/C24H19Cl2F3N4O2/c1-15-6-2-3-8-20(15)22(31-14-19-7-4-5-9-30-19)33(34)21-13-23(35-32-21,24(27,28)29)16-10-17(25)12-18(26)11-16/h2-12,34H,13-14H2,1H3. The van der Waals surface area contributed by atoms with E-state index in [1.54, 1.807) is 55.6 Å². The molecule has 3 aromatic rings. The number of alkyl halides is 3. The molecule has 1 N–H and O–H groups in total. The summed E-state index contributed by atoms with van der Waals surface area (Å²) in [6, 6.07) is 15.8. The van der Waals surface area contributed by atoms with Gasteiger partial charge in [0.05, 0.1) is 18.7 Å². The van der Waals surface area contributed by atoms with E-state index in [-0.39, 0.29) is 33.8 Å². The van der Waals surface area contributed by atoms with Gasteiger partial charge in [0, 0.05) is 27.4 Å². The lowest BCUT2D eigenvalue weighted by atomic mass is 9.89. The predicted octanol–water partition coefficient (Wildman–Crippen LogP) is 6.53. The zero-order valence-electron chi connectivity index (χ0n) is 18.3.